The number of hydrogen-bond acceptors (Lipinski definition) is 4. The third-order valence-electron chi connectivity index (χ3n) is 4.12. The van der Waals surface area contributed by atoms with Crippen LogP contribution in [0.1, 0.15) is 5.56 Å². The number of anilines is 1. The SMILES string of the molecule is COc1cc2c(cc1NC(=O)NCc1cccnc1)oc1ccccc12. The zero-order valence-corrected chi connectivity index (χ0v) is 14.2. The molecule has 0 radical (unpaired) electrons. The number of amides is 2. The van der Waals surface area contributed by atoms with Crippen molar-refractivity contribution in [3.05, 3.63) is 66.5 Å². The van der Waals surface area contributed by atoms with Crippen LogP contribution in [0.25, 0.3) is 21.9 Å². The molecule has 26 heavy (non-hydrogen) atoms. The van der Waals surface area contributed by atoms with Crippen molar-refractivity contribution in [2.45, 2.75) is 6.54 Å². The molecule has 2 amide bonds. The molecule has 0 aliphatic heterocycles. The van der Waals surface area contributed by atoms with Gasteiger partial charge >= 0.3 is 6.03 Å². The monoisotopic (exact) mass is 347 g/mol. The molecule has 0 atom stereocenters. The lowest BCUT2D eigenvalue weighted by atomic mass is 10.1. The van der Waals surface area contributed by atoms with Crippen LogP contribution in [0.2, 0.25) is 0 Å². The molecule has 0 aliphatic rings. The van der Waals surface area contributed by atoms with Gasteiger partial charge in [0.2, 0.25) is 0 Å². The van der Waals surface area contributed by atoms with E-state index in [0.717, 1.165) is 21.9 Å². The number of hydrogen-bond donors (Lipinski definition) is 2. The third-order valence-corrected chi connectivity index (χ3v) is 4.12. The van der Waals surface area contributed by atoms with Crippen LogP contribution in [0.3, 0.4) is 0 Å². The first-order valence-corrected chi connectivity index (χ1v) is 8.17. The summed E-state index contributed by atoms with van der Waals surface area (Å²) in [5, 5.41) is 7.56. The number of carbonyl (C=O) groups excluding carboxylic acids is 1. The zero-order valence-electron chi connectivity index (χ0n) is 14.2. The Morgan fingerprint density at radius 2 is 2.00 bits per heavy atom. The normalized spacial score (nSPS) is 10.8. The van der Waals surface area contributed by atoms with E-state index in [9.17, 15) is 4.79 Å². The number of ether oxygens (including phenoxy) is 1. The maximum absolute atomic E-state index is 12.2. The summed E-state index contributed by atoms with van der Waals surface area (Å²) < 4.78 is 11.3. The predicted molar refractivity (Wildman–Crippen MR) is 100 cm³/mol. The van der Waals surface area contributed by atoms with E-state index in [4.69, 9.17) is 9.15 Å². The summed E-state index contributed by atoms with van der Waals surface area (Å²) in [7, 11) is 1.57. The molecule has 0 bridgehead atoms. The molecule has 0 saturated carbocycles. The number of nitrogens with one attached hydrogen (secondary N) is 2. The topological polar surface area (TPSA) is 76.4 Å². The highest BCUT2D eigenvalue weighted by molar-refractivity contribution is 6.07. The van der Waals surface area contributed by atoms with Gasteiger partial charge in [0.1, 0.15) is 16.9 Å². The number of nitrogens with zero attached hydrogens (tertiary/aromatic N) is 1. The number of furan rings is 1. The van der Waals surface area contributed by atoms with Gasteiger partial charge in [-0.15, -0.1) is 0 Å². The lowest BCUT2D eigenvalue weighted by Crippen LogP contribution is -2.28. The fraction of sp³-hybridized carbons (Fsp3) is 0.100. The van der Waals surface area contributed by atoms with Crippen LogP contribution in [0.15, 0.2) is 65.3 Å². The van der Waals surface area contributed by atoms with Gasteiger partial charge in [-0.25, -0.2) is 4.79 Å². The summed E-state index contributed by atoms with van der Waals surface area (Å²) in [4.78, 5) is 16.3. The minimum Gasteiger partial charge on any atom is -0.495 e. The molecular formula is C20H17N3O3. The van der Waals surface area contributed by atoms with E-state index < -0.39 is 0 Å². The molecule has 4 aromatic rings. The van der Waals surface area contributed by atoms with Gasteiger partial charge in [-0.1, -0.05) is 24.3 Å². The molecule has 0 saturated heterocycles. The Morgan fingerprint density at radius 3 is 2.81 bits per heavy atom. The average Bonchev–Trinajstić information content (AvgIpc) is 3.04. The van der Waals surface area contributed by atoms with E-state index >= 15 is 0 Å². The Labute approximate surface area is 149 Å². The summed E-state index contributed by atoms with van der Waals surface area (Å²) in [6.45, 7) is 0.384. The Hall–Kier alpha value is -3.54. The summed E-state index contributed by atoms with van der Waals surface area (Å²) in [5.74, 6) is 0.570. The van der Waals surface area contributed by atoms with Crippen LogP contribution in [0, 0.1) is 0 Å². The minimum atomic E-state index is -0.331. The number of fused-ring (bicyclic) bond motifs is 3. The highest BCUT2D eigenvalue weighted by atomic mass is 16.5. The molecule has 2 heterocycles. The van der Waals surface area contributed by atoms with Crippen molar-refractivity contribution in [2.24, 2.45) is 0 Å². The van der Waals surface area contributed by atoms with E-state index in [-0.39, 0.29) is 6.03 Å². The van der Waals surface area contributed by atoms with Crippen molar-refractivity contribution in [1.29, 1.82) is 0 Å². The lowest BCUT2D eigenvalue weighted by molar-refractivity contribution is 0.251. The lowest BCUT2D eigenvalue weighted by Gasteiger charge is -2.11. The quantitative estimate of drug-likeness (QED) is 0.577. The van der Waals surface area contributed by atoms with Crippen LogP contribution in [0.4, 0.5) is 10.5 Å². The van der Waals surface area contributed by atoms with Gasteiger partial charge in [0.05, 0.1) is 12.8 Å². The molecular weight excluding hydrogens is 330 g/mol. The fourth-order valence-corrected chi connectivity index (χ4v) is 2.87. The van der Waals surface area contributed by atoms with Crippen molar-refractivity contribution in [3.63, 3.8) is 0 Å². The van der Waals surface area contributed by atoms with Gasteiger partial charge in [0.25, 0.3) is 0 Å². The second-order valence-corrected chi connectivity index (χ2v) is 5.82. The Morgan fingerprint density at radius 1 is 1.12 bits per heavy atom. The highest BCUT2D eigenvalue weighted by Gasteiger charge is 2.13. The number of methoxy groups -OCH3 is 1. The maximum atomic E-state index is 12.2. The van der Waals surface area contributed by atoms with E-state index in [1.165, 1.54) is 0 Å². The summed E-state index contributed by atoms with van der Waals surface area (Å²) in [5.41, 5.74) is 2.95. The van der Waals surface area contributed by atoms with Gasteiger partial charge in [-0.3, -0.25) is 4.98 Å². The second-order valence-electron chi connectivity index (χ2n) is 5.82. The highest BCUT2D eigenvalue weighted by Crippen LogP contribution is 2.36. The largest absolute Gasteiger partial charge is 0.495 e. The standard InChI is InChI=1S/C20H17N3O3/c1-25-19-9-15-14-6-2-3-7-17(14)26-18(15)10-16(19)23-20(24)22-12-13-5-4-8-21-11-13/h2-11H,12H2,1H3,(H2,22,23,24). The molecule has 6 heteroatoms. The third kappa shape index (κ3) is 3.04. The molecule has 0 unspecified atom stereocenters. The summed E-state index contributed by atoms with van der Waals surface area (Å²) >= 11 is 0. The summed E-state index contributed by atoms with van der Waals surface area (Å²) in [6, 6.07) is 14.8. The van der Waals surface area contributed by atoms with Crippen LogP contribution < -0.4 is 15.4 Å². The molecule has 0 fully saturated rings. The molecule has 130 valence electrons. The van der Waals surface area contributed by atoms with Gasteiger partial charge in [0.15, 0.2) is 0 Å². The van der Waals surface area contributed by atoms with E-state index in [2.05, 4.69) is 15.6 Å². The molecule has 0 aliphatic carbocycles. The molecule has 0 spiro atoms. The van der Waals surface area contributed by atoms with Crippen LogP contribution in [-0.2, 0) is 6.54 Å². The molecule has 4 rings (SSSR count). The smallest absolute Gasteiger partial charge is 0.319 e. The van der Waals surface area contributed by atoms with Gasteiger partial charge < -0.3 is 19.8 Å². The molecule has 2 aromatic heterocycles. The number of aromatic nitrogens is 1. The van der Waals surface area contributed by atoms with Crippen molar-refractivity contribution in [2.75, 3.05) is 12.4 Å². The van der Waals surface area contributed by atoms with Crippen molar-refractivity contribution in [3.8, 4) is 5.75 Å². The average molecular weight is 347 g/mol. The van der Waals surface area contributed by atoms with Crippen molar-refractivity contribution >= 4 is 33.7 Å². The molecule has 2 aromatic carbocycles. The zero-order chi connectivity index (χ0) is 17.9. The van der Waals surface area contributed by atoms with E-state index in [1.54, 1.807) is 25.6 Å². The van der Waals surface area contributed by atoms with Gasteiger partial charge in [-0.2, -0.15) is 0 Å². The summed E-state index contributed by atoms with van der Waals surface area (Å²) in [6.07, 6.45) is 3.40. The number of carbonyl (C=O) groups is 1. The first-order chi connectivity index (χ1) is 12.7. The first kappa shape index (κ1) is 16.0. The second kappa shape index (κ2) is 6.76. The number of para-hydroxylation sites is 1. The van der Waals surface area contributed by atoms with Crippen molar-refractivity contribution in [1.82, 2.24) is 10.3 Å². The fourth-order valence-electron chi connectivity index (χ4n) is 2.87. The maximum Gasteiger partial charge on any atom is 0.319 e. The Kier molecular flexibility index (Phi) is 4.15. The van der Waals surface area contributed by atoms with Gasteiger partial charge in [0, 0.05) is 35.8 Å². The number of benzene rings is 2. The molecule has 6 nitrogen and oxygen atoms in total. The van der Waals surface area contributed by atoms with Crippen LogP contribution in [0.5, 0.6) is 5.75 Å². The first-order valence-electron chi connectivity index (χ1n) is 8.17. The van der Waals surface area contributed by atoms with E-state index in [1.807, 2.05) is 42.5 Å². The number of urea groups is 1. The molecule has 2 N–H and O–H groups in total. The van der Waals surface area contributed by atoms with Crippen LogP contribution >= 0.6 is 0 Å². The number of rotatable bonds is 4. The van der Waals surface area contributed by atoms with Crippen molar-refractivity contribution < 1.29 is 13.9 Å². The number of pyridine rings is 1. The Balaban J connectivity index is 1.59. The Bertz CT molecular complexity index is 1070. The van der Waals surface area contributed by atoms with Crippen LogP contribution in [-0.4, -0.2) is 18.1 Å². The minimum absolute atomic E-state index is 0.331. The van der Waals surface area contributed by atoms with Gasteiger partial charge in [-0.05, 0) is 23.8 Å². The predicted octanol–water partition coefficient (Wildman–Crippen LogP) is 4.31. The van der Waals surface area contributed by atoms with E-state index in [0.29, 0.717) is 23.6 Å².